The van der Waals surface area contributed by atoms with Crippen LogP contribution in [-0.2, 0) is 11.0 Å². The molecule has 3 nitrogen and oxygen atoms in total. The summed E-state index contributed by atoms with van der Waals surface area (Å²) >= 11 is 0. The van der Waals surface area contributed by atoms with Gasteiger partial charge in [-0.2, -0.15) is 13.2 Å². The van der Waals surface area contributed by atoms with Crippen LogP contribution in [0.1, 0.15) is 24.1 Å². The first-order valence-electron chi connectivity index (χ1n) is 7.33. The molecule has 0 heterocycles. The molecule has 8 heteroatoms. The van der Waals surface area contributed by atoms with E-state index < -0.39 is 35.3 Å². The summed E-state index contributed by atoms with van der Waals surface area (Å²) in [6.07, 6.45) is -4.60. The monoisotopic (exact) mass is 358 g/mol. The van der Waals surface area contributed by atoms with Crippen LogP contribution in [0.4, 0.5) is 27.6 Å². The summed E-state index contributed by atoms with van der Waals surface area (Å²) in [5.41, 5.74) is -1.17. The molecule has 1 amide bonds. The van der Waals surface area contributed by atoms with Crippen LogP contribution in [-0.4, -0.2) is 12.5 Å². The first-order chi connectivity index (χ1) is 11.7. The van der Waals surface area contributed by atoms with E-state index in [9.17, 15) is 26.7 Å². The first-order valence-corrected chi connectivity index (χ1v) is 7.33. The van der Waals surface area contributed by atoms with E-state index in [1.54, 1.807) is 6.92 Å². The molecule has 0 aliphatic rings. The third-order valence-electron chi connectivity index (χ3n) is 3.50. The van der Waals surface area contributed by atoms with Crippen LogP contribution < -0.4 is 10.6 Å². The third-order valence-corrected chi connectivity index (χ3v) is 3.50. The highest BCUT2D eigenvalue weighted by atomic mass is 19.4. The summed E-state index contributed by atoms with van der Waals surface area (Å²) in [7, 11) is 0. The van der Waals surface area contributed by atoms with Crippen LogP contribution in [0.3, 0.4) is 0 Å². The Morgan fingerprint density at radius 2 is 1.80 bits per heavy atom. The Morgan fingerprint density at radius 1 is 1.12 bits per heavy atom. The normalized spacial score (nSPS) is 12.7. The standard InChI is InChI=1S/C17H15F5N2O/c1-10(12-7-6-11(18)8-14(12)19)23-9-16(25)24-15-5-3-2-4-13(15)17(20,21)22/h2-8,10,23H,9H2,1H3,(H,24,25)/t10-/m0/s1. The van der Waals surface area contributed by atoms with E-state index in [1.165, 1.54) is 18.2 Å². The van der Waals surface area contributed by atoms with Gasteiger partial charge in [0.05, 0.1) is 17.8 Å². The van der Waals surface area contributed by atoms with E-state index >= 15 is 0 Å². The number of para-hydroxylation sites is 1. The minimum Gasteiger partial charge on any atom is -0.324 e. The van der Waals surface area contributed by atoms with Crippen LogP contribution in [0.25, 0.3) is 0 Å². The molecule has 0 aromatic heterocycles. The van der Waals surface area contributed by atoms with Gasteiger partial charge in [-0.25, -0.2) is 8.78 Å². The summed E-state index contributed by atoms with van der Waals surface area (Å²) < 4.78 is 65.2. The van der Waals surface area contributed by atoms with Crippen molar-refractivity contribution in [2.45, 2.75) is 19.1 Å². The molecule has 0 fully saturated rings. The maximum Gasteiger partial charge on any atom is 0.418 e. The lowest BCUT2D eigenvalue weighted by molar-refractivity contribution is -0.137. The van der Waals surface area contributed by atoms with Crippen molar-refractivity contribution in [2.24, 2.45) is 0 Å². The number of nitrogens with one attached hydrogen (secondary N) is 2. The van der Waals surface area contributed by atoms with Gasteiger partial charge < -0.3 is 10.6 Å². The number of anilines is 1. The number of hydrogen-bond donors (Lipinski definition) is 2. The number of hydrogen-bond acceptors (Lipinski definition) is 2. The minimum absolute atomic E-state index is 0.143. The molecule has 2 rings (SSSR count). The number of amides is 1. The zero-order valence-corrected chi connectivity index (χ0v) is 13.1. The van der Waals surface area contributed by atoms with E-state index in [2.05, 4.69) is 10.6 Å². The molecule has 0 aliphatic carbocycles. The van der Waals surface area contributed by atoms with Crippen molar-refractivity contribution in [3.05, 3.63) is 65.2 Å². The summed E-state index contributed by atoms with van der Waals surface area (Å²) in [4.78, 5) is 11.9. The zero-order valence-electron chi connectivity index (χ0n) is 13.1. The number of carbonyl (C=O) groups excluding carboxylic acids is 1. The van der Waals surface area contributed by atoms with Gasteiger partial charge in [-0.1, -0.05) is 18.2 Å². The van der Waals surface area contributed by atoms with Crippen molar-refractivity contribution in [3.8, 4) is 0 Å². The number of carbonyl (C=O) groups is 1. The highest BCUT2D eigenvalue weighted by Gasteiger charge is 2.33. The Hall–Kier alpha value is -2.48. The van der Waals surface area contributed by atoms with Gasteiger partial charge in [-0.3, -0.25) is 4.79 Å². The van der Waals surface area contributed by atoms with Crippen molar-refractivity contribution in [1.29, 1.82) is 0 Å². The van der Waals surface area contributed by atoms with E-state index in [0.717, 1.165) is 18.2 Å². The van der Waals surface area contributed by atoms with Gasteiger partial charge >= 0.3 is 6.18 Å². The minimum atomic E-state index is -4.60. The summed E-state index contributed by atoms with van der Waals surface area (Å²) in [5, 5.41) is 4.85. The number of benzene rings is 2. The number of halogens is 5. The third kappa shape index (κ3) is 4.99. The first kappa shape index (κ1) is 18.9. The van der Waals surface area contributed by atoms with E-state index in [0.29, 0.717) is 6.07 Å². The van der Waals surface area contributed by atoms with Gasteiger partial charge in [0.15, 0.2) is 0 Å². The Balaban J connectivity index is 2.00. The Kier molecular flexibility index (Phi) is 5.73. The van der Waals surface area contributed by atoms with Gasteiger partial charge in [-0.05, 0) is 25.1 Å². The quantitative estimate of drug-likeness (QED) is 0.784. The second-order valence-corrected chi connectivity index (χ2v) is 5.36. The molecule has 0 saturated heterocycles. The molecule has 134 valence electrons. The highest BCUT2D eigenvalue weighted by Crippen LogP contribution is 2.34. The molecular formula is C17H15F5N2O. The molecule has 2 aromatic carbocycles. The Labute approximate surface area is 140 Å². The Bertz CT molecular complexity index is 761. The summed E-state index contributed by atoms with van der Waals surface area (Å²) in [6.45, 7) is 1.21. The highest BCUT2D eigenvalue weighted by molar-refractivity contribution is 5.93. The van der Waals surface area contributed by atoms with Crippen LogP contribution >= 0.6 is 0 Å². The largest absolute Gasteiger partial charge is 0.418 e. The van der Waals surface area contributed by atoms with Gasteiger partial charge in [0, 0.05) is 17.7 Å². The van der Waals surface area contributed by atoms with E-state index in [-0.39, 0.29) is 17.8 Å². The summed E-state index contributed by atoms with van der Waals surface area (Å²) in [5.74, 6) is -2.22. The van der Waals surface area contributed by atoms with Crippen molar-refractivity contribution in [1.82, 2.24) is 5.32 Å². The van der Waals surface area contributed by atoms with Crippen LogP contribution in [0.5, 0.6) is 0 Å². The van der Waals surface area contributed by atoms with Crippen molar-refractivity contribution >= 4 is 11.6 Å². The maximum atomic E-state index is 13.7. The van der Waals surface area contributed by atoms with Gasteiger partial charge in [0.25, 0.3) is 0 Å². The molecule has 0 aliphatic heterocycles. The Morgan fingerprint density at radius 3 is 2.44 bits per heavy atom. The SMILES string of the molecule is C[C@H](NCC(=O)Nc1ccccc1C(F)(F)F)c1ccc(F)cc1F. The molecule has 2 aromatic rings. The van der Waals surface area contributed by atoms with Crippen molar-refractivity contribution < 1.29 is 26.7 Å². The predicted molar refractivity (Wildman–Crippen MR) is 82.8 cm³/mol. The van der Waals surface area contributed by atoms with Crippen LogP contribution in [0.15, 0.2) is 42.5 Å². The molecule has 25 heavy (non-hydrogen) atoms. The average molecular weight is 358 g/mol. The van der Waals surface area contributed by atoms with Crippen LogP contribution in [0, 0.1) is 11.6 Å². The van der Waals surface area contributed by atoms with Gasteiger partial charge in [0.2, 0.25) is 5.91 Å². The second-order valence-electron chi connectivity index (χ2n) is 5.36. The molecule has 0 spiro atoms. The van der Waals surface area contributed by atoms with Crippen LogP contribution in [0.2, 0.25) is 0 Å². The zero-order chi connectivity index (χ0) is 18.6. The lowest BCUT2D eigenvalue weighted by atomic mass is 10.1. The fourth-order valence-corrected chi connectivity index (χ4v) is 2.24. The number of rotatable bonds is 5. The molecule has 0 bridgehead atoms. The van der Waals surface area contributed by atoms with E-state index in [4.69, 9.17) is 0 Å². The van der Waals surface area contributed by atoms with Crippen molar-refractivity contribution in [2.75, 3.05) is 11.9 Å². The smallest absolute Gasteiger partial charge is 0.324 e. The van der Waals surface area contributed by atoms with Crippen molar-refractivity contribution in [3.63, 3.8) is 0 Å². The molecule has 0 radical (unpaired) electrons. The fraction of sp³-hybridized carbons (Fsp3) is 0.235. The lowest BCUT2D eigenvalue weighted by Crippen LogP contribution is -2.31. The molecule has 1 atom stereocenters. The molecule has 0 saturated carbocycles. The van der Waals surface area contributed by atoms with Gasteiger partial charge in [-0.15, -0.1) is 0 Å². The lowest BCUT2D eigenvalue weighted by Gasteiger charge is -2.16. The second kappa shape index (κ2) is 7.60. The summed E-state index contributed by atoms with van der Waals surface area (Å²) in [6, 6.07) is 6.99. The number of alkyl halides is 3. The van der Waals surface area contributed by atoms with E-state index in [1.807, 2.05) is 0 Å². The predicted octanol–water partition coefficient (Wildman–Crippen LogP) is 4.27. The molecular weight excluding hydrogens is 343 g/mol. The van der Waals surface area contributed by atoms with Gasteiger partial charge in [0.1, 0.15) is 11.6 Å². The average Bonchev–Trinajstić information content (AvgIpc) is 2.52. The maximum absolute atomic E-state index is 13.7. The topological polar surface area (TPSA) is 41.1 Å². The molecule has 2 N–H and O–H groups in total. The fourth-order valence-electron chi connectivity index (χ4n) is 2.24. The molecule has 0 unspecified atom stereocenters.